The van der Waals surface area contributed by atoms with Crippen molar-refractivity contribution < 1.29 is 9.47 Å². The lowest BCUT2D eigenvalue weighted by atomic mass is 10.1. The summed E-state index contributed by atoms with van der Waals surface area (Å²) in [6, 6.07) is 16.6. The quantitative estimate of drug-likeness (QED) is 0.838. The number of hydrogen-bond donors (Lipinski definition) is 0. The van der Waals surface area contributed by atoms with E-state index in [4.69, 9.17) is 9.47 Å². The van der Waals surface area contributed by atoms with Crippen LogP contribution < -0.4 is 9.47 Å². The highest BCUT2D eigenvalue weighted by Gasteiger charge is 2.13. The molecule has 0 spiro atoms. The van der Waals surface area contributed by atoms with Gasteiger partial charge in [0.05, 0.1) is 0 Å². The van der Waals surface area contributed by atoms with E-state index in [0.717, 1.165) is 24.6 Å². The smallest absolute Gasteiger partial charge is 0.231 e. The molecule has 3 heteroatoms. The molecule has 1 aliphatic rings. The maximum absolute atomic E-state index is 5.40. The van der Waals surface area contributed by atoms with Crippen LogP contribution in [-0.2, 0) is 13.1 Å². The SMILES string of the molecule is CN(Cc1ccccc1)Cc1ccc2c(c1)OCO2. The fourth-order valence-electron chi connectivity index (χ4n) is 2.30. The first-order chi connectivity index (χ1) is 9.31. The summed E-state index contributed by atoms with van der Waals surface area (Å²) in [4.78, 5) is 2.28. The summed E-state index contributed by atoms with van der Waals surface area (Å²) >= 11 is 0. The van der Waals surface area contributed by atoms with E-state index < -0.39 is 0 Å². The van der Waals surface area contributed by atoms with Crippen LogP contribution in [-0.4, -0.2) is 18.7 Å². The van der Waals surface area contributed by atoms with Crippen LogP contribution in [0.2, 0.25) is 0 Å². The molecule has 0 bridgehead atoms. The molecule has 19 heavy (non-hydrogen) atoms. The van der Waals surface area contributed by atoms with E-state index >= 15 is 0 Å². The molecule has 3 nitrogen and oxygen atoms in total. The normalized spacial score (nSPS) is 12.9. The van der Waals surface area contributed by atoms with Crippen molar-refractivity contribution in [3.8, 4) is 11.5 Å². The third-order valence-electron chi connectivity index (χ3n) is 3.18. The van der Waals surface area contributed by atoms with Gasteiger partial charge in [-0.15, -0.1) is 0 Å². The number of rotatable bonds is 4. The van der Waals surface area contributed by atoms with Crippen LogP contribution in [0.1, 0.15) is 11.1 Å². The topological polar surface area (TPSA) is 21.7 Å². The molecule has 0 aliphatic carbocycles. The molecule has 2 aromatic rings. The Kier molecular flexibility index (Phi) is 3.38. The Hall–Kier alpha value is -2.00. The molecular formula is C16H17NO2. The van der Waals surface area contributed by atoms with Gasteiger partial charge in [-0.3, -0.25) is 4.90 Å². The molecule has 1 heterocycles. The summed E-state index contributed by atoms with van der Waals surface area (Å²) in [5.74, 6) is 1.69. The van der Waals surface area contributed by atoms with Gasteiger partial charge in [0.1, 0.15) is 0 Å². The van der Waals surface area contributed by atoms with E-state index in [-0.39, 0.29) is 0 Å². The summed E-state index contributed by atoms with van der Waals surface area (Å²) in [6.07, 6.45) is 0. The van der Waals surface area contributed by atoms with Gasteiger partial charge in [0, 0.05) is 13.1 Å². The third-order valence-corrected chi connectivity index (χ3v) is 3.18. The second-order valence-electron chi connectivity index (χ2n) is 4.85. The minimum Gasteiger partial charge on any atom is -0.454 e. The number of ether oxygens (including phenoxy) is 2. The lowest BCUT2D eigenvalue weighted by Gasteiger charge is -2.17. The van der Waals surface area contributed by atoms with Crippen LogP contribution >= 0.6 is 0 Å². The van der Waals surface area contributed by atoms with Gasteiger partial charge in [0.15, 0.2) is 11.5 Å². The summed E-state index contributed by atoms with van der Waals surface area (Å²) < 4.78 is 10.7. The Morgan fingerprint density at radius 3 is 2.47 bits per heavy atom. The molecule has 0 saturated carbocycles. The first kappa shape index (κ1) is 12.1. The van der Waals surface area contributed by atoms with Crippen molar-refractivity contribution in [3.63, 3.8) is 0 Å². The summed E-state index contributed by atoms with van der Waals surface area (Å²) in [5.41, 5.74) is 2.56. The molecule has 0 N–H and O–H groups in total. The Labute approximate surface area is 113 Å². The molecule has 0 unspecified atom stereocenters. The van der Waals surface area contributed by atoms with Crippen molar-refractivity contribution in [3.05, 3.63) is 59.7 Å². The maximum atomic E-state index is 5.40. The van der Waals surface area contributed by atoms with E-state index in [2.05, 4.69) is 48.3 Å². The third kappa shape index (κ3) is 2.88. The lowest BCUT2D eigenvalue weighted by Crippen LogP contribution is -2.17. The van der Waals surface area contributed by atoms with Gasteiger partial charge in [-0.05, 0) is 30.3 Å². The standard InChI is InChI=1S/C16H17NO2/c1-17(10-13-5-3-2-4-6-13)11-14-7-8-15-16(9-14)19-12-18-15/h2-9H,10-12H2,1H3. The molecule has 0 aromatic heterocycles. The van der Waals surface area contributed by atoms with E-state index in [9.17, 15) is 0 Å². The molecule has 3 rings (SSSR count). The zero-order valence-electron chi connectivity index (χ0n) is 11.0. The molecule has 0 radical (unpaired) electrons. The average molecular weight is 255 g/mol. The summed E-state index contributed by atoms with van der Waals surface area (Å²) in [6.45, 7) is 2.17. The number of nitrogens with zero attached hydrogens (tertiary/aromatic N) is 1. The predicted octanol–water partition coefficient (Wildman–Crippen LogP) is 3.05. The largest absolute Gasteiger partial charge is 0.454 e. The Morgan fingerprint density at radius 2 is 1.63 bits per heavy atom. The van der Waals surface area contributed by atoms with Crippen molar-refractivity contribution >= 4 is 0 Å². The highest BCUT2D eigenvalue weighted by Crippen LogP contribution is 2.32. The van der Waals surface area contributed by atoms with Gasteiger partial charge in [0.2, 0.25) is 6.79 Å². The second kappa shape index (κ2) is 5.33. The van der Waals surface area contributed by atoms with E-state index in [1.54, 1.807) is 0 Å². The minimum absolute atomic E-state index is 0.332. The van der Waals surface area contributed by atoms with Gasteiger partial charge in [-0.1, -0.05) is 36.4 Å². The molecule has 0 atom stereocenters. The minimum atomic E-state index is 0.332. The molecule has 1 aliphatic heterocycles. The van der Waals surface area contributed by atoms with Gasteiger partial charge in [-0.25, -0.2) is 0 Å². The predicted molar refractivity (Wildman–Crippen MR) is 74.2 cm³/mol. The van der Waals surface area contributed by atoms with E-state index in [0.29, 0.717) is 6.79 Å². The highest BCUT2D eigenvalue weighted by molar-refractivity contribution is 5.44. The Morgan fingerprint density at radius 1 is 0.895 bits per heavy atom. The summed E-state index contributed by atoms with van der Waals surface area (Å²) in [5, 5.41) is 0. The Balaban J connectivity index is 1.65. The molecule has 98 valence electrons. The second-order valence-corrected chi connectivity index (χ2v) is 4.85. The molecule has 0 fully saturated rings. The van der Waals surface area contributed by atoms with Gasteiger partial charge in [0.25, 0.3) is 0 Å². The summed E-state index contributed by atoms with van der Waals surface area (Å²) in [7, 11) is 2.12. The molecule has 0 amide bonds. The highest BCUT2D eigenvalue weighted by atomic mass is 16.7. The molecule has 0 saturated heterocycles. The Bertz CT molecular complexity index is 554. The first-order valence-electron chi connectivity index (χ1n) is 6.42. The maximum Gasteiger partial charge on any atom is 0.231 e. The van der Waals surface area contributed by atoms with Crippen LogP contribution in [0.15, 0.2) is 48.5 Å². The zero-order chi connectivity index (χ0) is 13.1. The fraction of sp³-hybridized carbons (Fsp3) is 0.250. The van der Waals surface area contributed by atoms with Gasteiger partial charge in [-0.2, -0.15) is 0 Å². The van der Waals surface area contributed by atoms with Crippen LogP contribution in [0, 0.1) is 0 Å². The van der Waals surface area contributed by atoms with Gasteiger partial charge < -0.3 is 9.47 Å². The first-order valence-corrected chi connectivity index (χ1v) is 6.42. The van der Waals surface area contributed by atoms with Gasteiger partial charge >= 0.3 is 0 Å². The van der Waals surface area contributed by atoms with Crippen LogP contribution in [0.4, 0.5) is 0 Å². The van der Waals surface area contributed by atoms with Crippen LogP contribution in [0.25, 0.3) is 0 Å². The average Bonchev–Trinajstić information content (AvgIpc) is 2.87. The fourth-order valence-corrected chi connectivity index (χ4v) is 2.30. The zero-order valence-corrected chi connectivity index (χ0v) is 11.0. The lowest BCUT2D eigenvalue weighted by molar-refractivity contribution is 0.174. The van der Waals surface area contributed by atoms with Crippen LogP contribution in [0.5, 0.6) is 11.5 Å². The van der Waals surface area contributed by atoms with Crippen molar-refractivity contribution in [1.82, 2.24) is 4.90 Å². The van der Waals surface area contributed by atoms with Crippen molar-refractivity contribution in [2.45, 2.75) is 13.1 Å². The van der Waals surface area contributed by atoms with Crippen molar-refractivity contribution in [2.24, 2.45) is 0 Å². The van der Waals surface area contributed by atoms with Crippen LogP contribution in [0.3, 0.4) is 0 Å². The number of hydrogen-bond acceptors (Lipinski definition) is 3. The van der Waals surface area contributed by atoms with E-state index in [1.807, 2.05) is 12.1 Å². The molecule has 2 aromatic carbocycles. The van der Waals surface area contributed by atoms with Crippen molar-refractivity contribution in [2.75, 3.05) is 13.8 Å². The van der Waals surface area contributed by atoms with Crippen molar-refractivity contribution in [1.29, 1.82) is 0 Å². The number of fused-ring (bicyclic) bond motifs is 1. The number of benzene rings is 2. The molecular weight excluding hydrogens is 238 g/mol. The monoisotopic (exact) mass is 255 g/mol. The van der Waals surface area contributed by atoms with E-state index in [1.165, 1.54) is 11.1 Å².